The zero-order valence-corrected chi connectivity index (χ0v) is 18.6. The van der Waals surface area contributed by atoms with Crippen LogP contribution in [0.25, 0.3) is 11.1 Å². The molecule has 32 heavy (non-hydrogen) atoms. The van der Waals surface area contributed by atoms with E-state index < -0.39 is 5.41 Å². The third-order valence-corrected chi connectivity index (χ3v) is 6.32. The largest absolute Gasteiger partial charge is 0.496 e. The van der Waals surface area contributed by atoms with Gasteiger partial charge < -0.3 is 15.0 Å². The van der Waals surface area contributed by atoms with E-state index in [0.29, 0.717) is 31.5 Å². The van der Waals surface area contributed by atoms with E-state index in [2.05, 4.69) is 39.8 Å². The number of likely N-dealkylation sites (tertiary alicyclic amines) is 1. The van der Waals surface area contributed by atoms with Crippen LogP contribution < -0.4 is 10.1 Å². The molecule has 0 unspecified atom stereocenters. The first-order valence-corrected chi connectivity index (χ1v) is 10.7. The standard InChI is InChI=1S/C25H28N4O3/c1-17-21(15-27-28-17)23(30)29-13-12-25(16-29,24(31)26-2)14-18-8-10-19(11-9-18)20-6-4-5-7-22(20)32-3/h4-11,15H,12-14,16H2,1-3H3,(H,26,31)(H,27,28)/t25-/m1/s1. The molecule has 0 aliphatic carbocycles. The molecule has 4 rings (SSSR count). The summed E-state index contributed by atoms with van der Waals surface area (Å²) in [6.45, 7) is 2.74. The maximum Gasteiger partial charge on any atom is 0.257 e. The lowest BCUT2D eigenvalue weighted by Gasteiger charge is -2.28. The summed E-state index contributed by atoms with van der Waals surface area (Å²) in [5, 5.41) is 9.58. The number of methoxy groups -OCH3 is 1. The van der Waals surface area contributed by atoms with Crippen molar-refractivity contribution in [3.05, 3.63) is 71.5 Å². The molecule has 2 aromatic carbocycles. The van der Waals surface area contributed by atoms with Gasteiger partial charge in [-0.2, -0.15) is 5.10 Å². The van der Waals surface area contributed by atoms with Crippen LogP contribution in [0.5, 0.6) is 5.75 Å². The fourth-order valence-electron chi connectivity index (χ4n) is 4.53. The second kappa shape index (κ2) is 8.86. The first-order chi connectivity index (χ1) is 15.5. The number of carbonyl (C=O) groups is 2. The zero-order valence-electron chi connectivity index (χ0n) is 18.6. The Bertz CT molecular complexity index is 1120. The Morgan fingerprint density at radius 2 is 1.94 bits per heavy atom. The van der Waals surface area contributed by atoms with Crippen LogP contribution in [-0.2, 0) is 11.2 Å². The summed E-state index contributed by atoms with van der Waals surface area (Å²) >= 11 is 0. The van der Waals surface area contributed by atoms with Crippen molar-refractivity contribution in [1.82, 2.24) is 20.4 Å². The number of nitrogens with one attached hydrogen (secondary N) is 2. The zero-order chi connectivity index (χ0) is 22.7. The number of rotatable bonds is 6. The van der Waals surface area contributed by atoms with E-state index in [1.165, 1.54) is 0 Å². The first kappa shape index (κ1) is 21.6. The van der Waals surface area contributed by atoms with Gasteiger partial charge in [-0.25, -0.2) is 0 Å². The monoisotopic (exact) mass is 432 g/mol. The Morgan fingerprint density at radius 1 is 1.19 bits per heavy atom. The number of aromatic nitrogens is 2. The van der Waals surface area contributed by atoms with Crippen molar-refractivity contribution >= 4 is 11.8 Å². The molecule has 0 radical (unpaired) electrons. The van der Waals surface area contributed by atoms with Gasteiger partial charge in [-0.15, -0.1) is 0 Å². The molecule has 0 saturated carbocycles. The average Bonchev–Trinajstić information content (AvgIpc) is 3.45. The number of ether oxygens (including phenoxy) is 1. The van der Waals surface area contributed by atoms with Crippen LogP contribution in [0.1, 0.15) is 28.0 Å². The molecular weight excluding hydrogens is 404 g/mol. The summed E-state index contributed by atoms with van der Waals surface area (Å²) < 4.78 is 5.48. The number of hydrogen-bond donors (Lipinski definition) is 2. The molecule has 2 heterocycles. The maximum absolute atomic E-state index is 13.0. The van der Waals surface area contributed by atoms with E-state index in [0.717, 1.165) is 28.1 Å². The molecule has 7 heteroatoms. The predicted molar refractivity (Wildman–Crippen MR) is 122 cm³/mol. The summed E-state index contributed by atoms with van der Waals surface area (Å²) in [5.41, 5.74) is 3.77. The molecule has 0 spiro atoms. The summed E-state index contributed by atoms with van der Waals surface area (Å²) in [5.74, 6) is 0.695. The Labute approximate surface area is 187 Å². The highest BCUT2D eigenvalue weighted by Gasteiger charge is 2.45. The molecule has 3 aromatic rings. The van der Waals surface area contributed by atoms with Crippen molar-refractivity contribution in [1.29, 1.82) is 0 Å². The van der Waals surface area contributed by atoms with Crippen LogP contribution in [0.4, 0.5) is 0 Å². The summed E-state index contributed by atoms with van der Waals surface area (Å²) in [7, 11) is 3.32. The minimum absolute atomic E-state index is 0.0366. The molecule has 1 fully saturated rings. The number of nitrogens with zero attached hydrogens (tertiary/aromatic N) is 2. The lowest BCUT2D eigenvalue weighted by atomic mass is 9.79. The number of para-hydroxylation sites is 1. The summed E-state index contributed by atoms with van der Waals surface area (Å²) in [4.78, 5) is 27.7. The van der Waals surface area contributed by atoms with Crippen molar-refractivity contribution < 1.29 is 14.3 Å². The molecule has 1 saturated heterocycles. The van der Waals surface area contributed by atoms with E-state index in [1.54, 1.807) is 25.3 Å². The number of amides is 2. The van der Waals surface area contributed by atoms with Gasteiger partial charge in [0.25, 0.3) is 5.91 Å². The first-order valence-electron chi connectivity index (χ1n) is 10.7. The van der Waals surface area contributed by atoms with E-state index >= 15 is 0 Å². The van der Waals surface area contributed by atoms with E-state index in [9.17, 15) is 9.59 Å². The molecule has 2 N–H and O–H groups in total. The van der Waals surface area contributed by atoms with Gasteiger partial charge >= 0.3 is 0 Å². The van der Waals surface area contributed by atoms with Gasteiger partial charge in [-0.1, -0.05) is 42.5 Å². The molecule has 166 valence electrons. The van der Waals surface area contributed by atoms with Gasteiger partial charge in [-0.3, -0.25) is 14.7 Å². The SMILES string of the molecule is CNC(=O)[C@@]1(Cc2ccc(-c3ccccc3OC)cc2)CCN(C(=O)c2cn[nH]c2C)C1. The quantitative estimate of drug-likeness (QED) is 0.626. The highest BCUT2D eigenvalue weighted by atomic mass is 16.5. The van der Waals surface area contributed by atoms with Gasteiger partial charge in [0.05, 0.1) is 24.3 Å². The smallest absolute Gasteiger partial charge is 0.257 e. The second-order valence-electron chi connectivity index (χ2n) is 8.32. The normalized spacial score (nSPS) is 17.9. The number of aryl methyl sites for hydroxylation is 1. The number of hydrogen-bond acceptors (Lipinski definition) is 4. The molecule has 1 aromatic heterocycles. The van der Waals surface area contributed by atoms with Crippen LogP contribution in [0.3, 0.4) is 0 Å². The van der Waals surface area contributed by atoms with Crippen molar-refractivity contribution in [2.24, 2.45) is 5.41 Å². The predicted octanol–water partition coefficient (Wildman–Crippen LogP) is 3.21. The van der Waals surface area contributed by atoms with E-state index in [4.69, 9.17) is 4.74 Å². The highest BCUT2D eigenvalue weighted by Crippen LogP contribution is 2.36. The summed E-state index contributed by atoms with van der Waals surface area (Å²) in [6.07, 6.45) is 2.73. The molecule has 0 bridgehead atoms. The molecule has 1 atom stereocenters. The molecular formula is C25H28N4O3. The lowest BCUT2D eigenvalue weighted by Crippen LogP contribution is -2.44. The topological polar surface area (TPSA) is 87.3 Å². The van der Waals surface area contributed by atoms with Crippen molar-refractivity contribution in [2.45, 2.75) is 19.8 Å². The van der Waals surface area contributed by atoms with Crippen molar-refractivity contribution in [3.8, 4) is 16.9 Å². The Morgan fingerprint density at radius 3 is 2.59 bits per heavy atom. The fourth-order valence-corrected chi connectivity index (χ4v) is 4.53. The number of benzene rings is 2. The number of carbonyl (C=O) groups excluding carboxylic acids is 2. The number of aromatic amines is 1. The van der Waals surface area contributed by atoms with Gasteiger partial charge in [0.15, 0.2) is 0 Å². The molecule has 1 aliphatic rings. The lowest BCUT2D eigenvalue weighted by molar-refractivity contribution is -0.129. The minimum atomic E-state index is -0.659. The minimum Gasteiger partial charge on any atom is -0.496 e. The van der Waals surface area contributed by atoms with Crippen LogP contribution in [0, 0.1) is 12.3 Å². The van der Waals surface area contributed by atoms with Gasteiger partial charge in [0.2, 0.25) is 5.91 Å². The van der Waals surface area contributed by atoms with E-state index in [-0.39, 0.29) is 11.8 Å². The molecule has 7 nitrogen and oxygen atoms in total. The van der Waals surface area contributed by atoms with Gasteiger partial charge in [-0.05, 0) is 37.0 Å². The van der Waals surface area contributed by atoms with Crippen LogP contribution >= 0.6 is 0 Å². The van der Waals surface area contributed by atoms with Crippen LogP contribution in [-0.4, -0.2) is 54.2 Å². The molecule has 2 amide bonds. The van der Waals surface area contributed by atoms with Gasteiger partial charge in [0, 0.05) is 31.4 Å². The maximum atomic E-state index is 13.0. The Kier molecular flexibility index (Phi) is 5.99. The Hall–Kier alpha value is -3.61. The fraction of sp³-hybridized carbons (Fsp3) is 0.320. The van der Waals surface area contributed by atoms with Gasteiger partial charge in [0.1, 0.15) is 5.75 Å². The second-order valence-corrected chi connectivity index (χ2v) is 8.32. The van der Waals surface area contributed by atoms with E-state index in [1.807, 2.05) is 31.2 Å². The summed E-state index contributed by atoms with van der Waals surface area (Å²) in [6, 6.07) is 16.1. The Balaban J connectivity index is 1.55. The highest BCUT2D eigenvalue weighted by molar-refractivity contribution is 5.96. The average molecular weight is 433 g/mol. The third-order valence-electron chi connectivity index (χ3n) is 6.32. The van der Waals surface area contributed by atoms with Crippen LogP contribution in [0.15, 0.2) is 54.7 Å². The number of H-pyrrole nitrogens is 1. The van der Waals surface area contributed by atoms with Crippen molar-refractivity contribution in [2.75, 3.05) is 27.2 Å². The molecule has 1 aliphatic heterocycles. The third kappa shape index (κ3) is 3.98. The van der Waals surface area contributed by atoms with Crippen LogP contribution in [0.2, 0.25) is 0 Å². The van der Waals surface area contributed by atoms with Crippen molar-refractivity contribution in [3.63, 3.8) is 0 Å².